The van der Waals surface area contributed by atoms with Crippen LogP contribution >= 0.6 is 21.6 Å². The van der Waals surface area contributed by atoms with Crippen molar-refractivity contribution in [3.8, 4) is 11.5 Å². The lowest BCUT2D eigenvalue weighted by molar-refractivity contribution is -0.651. The number of halogens is 2. The highest BCUT2D eigenvalue weighted by molar-refractivity contribution is 8.76. The van der Waals surface area contributed by atoms with E-state index in [0.29, 0.717) is 0 Å². The summed E-state index contributed by atoms with van der Waals surface area (Å²) in [4.78, 5) is 0. The second-order valence-corrected chi connectivity index (χ2v) is 12.1. The van der Waals surface area contributed by atoms with Gasteiger partial charge in [-0.1, -0.05) is 58.0 Å². The number of hydrogen-bond donors (Lipinski definition) is 2. The smallest absolute Gasteiger partial charge is 0.122 e. The van der Waals surface area contributed by atoms with Crippen molar-refractivity contribution in [3.05, 3.63) is 59.7 Å². The van der Waals surface area contributed by atoms with Gasteiger partial charge in [0.2, 0.25) is 0 Å². The van der Waals surface area contributed by atoms with E-state index in [1.807, 2.05) is 33.7 Å². The summed E-state index contributed by atoms with van der Waals surface area (Å²) < 4.78 is 11.7. The van der Waals surface area contributed by atoms with Gasteiger partial charge >= 0.3 is 0 Å². The van der Waals surface area contributed by atoms with E-state index in [0.717, 1.165) is 37.6 Å². The molecule has 0 unspecified atom stereocenters. The van der Waals surface area contributed by atoms with Crippen LogP contribution in [-0.2, 0) is 0 Å². The molecule has 0 bridgehead atoms. The van der Waals surface area contributed by atoms with Crippen LogP contribution in [0.4, 0.5) is 0 Å². The molecule has 0 saturated heterocycles. The first-order valence-electron chi connectivity index (χ1n) is 14.0. The highest BCUT2D eigenvalue weighted by atomic mass is 35.5. The molecule has 0 spiro atoms. The van der Waals surface area contributed by atoms with Gasteiger partial charge in [0.05, 0.1) is 50.9 Å². The van der Waals surface area contributed by atoms with Gasteiger partial charge in [0.15, 0.2) is 0 Å². The number of unbranched alkanes of at least 4 members (excludes halogenated alkanes) is 6. The van der Waals surface area contributed by atoms with E-state index in [2.05, 4.69) is 60.9 Å². The fourth-order valence-corrected chi connectivity index (χ4v) is 6.00. The summed E-state index contributed by atoms with van der Waals surface area (Å²) in [5, 5.41) is 4.96. The topological polar surface area (TPSA) is 51.7 Å². The van der Waals surface area contributed by atoms with E-state index in [1.54, 1.807) is 0 Å². The molecule has 0 atom stereocenters. The molecule has 0 radical (unpaired) electrons. The summed E-state index contributed by atoms with van der Waals surface area (Å²) in [7, 11) is 4.08. The number of quaternary nitrogens is 2. The molecule has 4 N–H and O–H groups in total. The van der Waals surface area contributed by atoms with Crippen LogP contribution in [0.2, 0.25) is 0 Å². The molecular formula is C30H50Cl2N2O2S2. The van der Waals surface area contributed by atoms with E-state index in [-0.39, 0.29) is 24.8 Å². The number of nitrogens with two attached hydrogens (primary N) is 2. The molecular weight excluding hydrogens is 555 g/mol. The maximum absolute atomic E-state index is 5.87. The first-order valence-corrected chi connectivity index (χ1v) is 16.5. The van der Waals surface area contributed by atoms with Gasteiger partial charge in [0.1, 0.15) is 11.5 Å². The molecule has 4 nitrogen and oxygen atoms in total. The van der Waals surface area contributed by atoms with Gasteiger partial charge in [-0.3, -0.25) is 0 Å². The van der Waals surface area contributed by atoms with E-state index in [4.69, 9.17) is 9.47 Å². The number of hydrogen-bond acceptors (Lipinski definition) is 4. The summed E-state index contributed by atoms with van der Waals surface area (Å²) in [5.74, 6) is 4.57. The summed E-state index contributed by atoms with van der Waals surface area (Å²) >= 11 is 0. The van der Waals surface area contributed by atoms with Crippen LogP contribution in [0.5, 0.6) is 11.5 Å². The minimum Gasteiger partial charge on any atom is -1.00 e. The third kappa shape index (κ3) is 19.3. The molecule has 0 saturated carbocycles. The fraction of sp³-hybridized carbons (Fsp3) is 0.600. The van der Waals surface area contributed by atoms with Crippen molar-refractivity contribution in [3.63, 3.8) is 0 Å². The van der Waals surface area contributed by atoms with E-state index in [1.165, 1.54) is 87.3 Å². The number of benzene rings is 2. The second-order valence-electron chi connectivity index (χ2n) is 9.43. The Bertz CT molecular complexity index is 737. The standard InChI is InChI=1S/C30H48N2O2S2.2ClH/c1-27-15-7-9-17-29(27)33-23-13-5-3-11-19-31-21-25-35-36-26-22-32-20-12-4-6-14-24-34-30-18-10-8-16-28(30)2;;/h7-10,15-18,31-32H,3-6,11-14,19-26H2,1-2H3;2*1H. The Labute approximate surface area is 252 Å². The highest BCUT2D eigenvalue weighted by Crippen LogP contribution is 2.19. The Balaban J connectivity index is 0.00000684. The quantitative estimate of drug-likeness (QED) is 0.131. The van der Waals surface area contributed by atoms with Gasteiger partial charge in [-0.05, 0) is 88.5 Å². The van der Waals surface area contributed by atoms with Crippen molar-refractivity contribution in [2.45, 2.75) is 65.2 Å². The molecule has 218 valence electrons. The molecule has 0 aromatic heterocycles. The van der Waals surface area contributed by atoms with Crippen molar-refractivity contribution in [2.24, 2.45) is 0 Å². The summed E-state index contributed by atoms with van der Waals surface area (Å²) in [5.41, 5.74) is 2.45. The minimum atomic E-state index is 0. The number of para-hydroxylation sites is 2. The minimum absolute atomic E-state index is 0. The molecule has 0 heterocycles. The van der Waals surface area contributed by atoms with Crippen molar-refractivity contribution in [2.75, 3.05) is 50.9 Å². The van der Waals surface area contributed by atoms with Crippen LogP contribution in [0.25, 0.3) is 0 Å². The summed E-state index contributed by atoms with van der Waals surface area (Å²) in [6, 6.07) is 16.5. The second kappa shape index (κ2) is 26.5. The highest BCUT2D eigenvalue weighted by Gasteiger charge is 2.00. The molecule has 0 aliphatic rings. The maximum Gasteiger partial charge on any atom is 0.122 e. The third-order valence-corrected chi connectivity index (χ3v) is 8.67. The monoisotopic (exact) mass is 604 g/mol. The lowest BCUT2D eigenvalue weighted by atomic mass is 10.2. The Morgan fingerprint density at radius 1 is 0.526 bits per heavy atom. The molecule has 2 rings (SSSR count). The molecule has 2 aromatic carbocycles. The van der Waals surface area contributed by atoms with Crippen LogP contribution < -0.4 is 44.9 Å². The molecule has 0 fully saturated rings. The van der Waals surface area contributed by atoms with Gasteiger partial charge in [-0.15, -0.1) is 0 Å². The van der Waals surface area contributed by atoms with Crippen LogP contribution in [0.15, 0.2) is 48.5 Å². The molecule has 2 aromatic rings. The lowest BCUT2D eigenvalue weighted by Crippen LogP contribution is -3.00. The Morgan fingerprint density at radius 2 is 0.921 bits per heavy atom. The zero-order valence-electron chi connectivity index (χ0n) is 23.5. The van der Waals surface area contributed by atoms with Crippen molar-refractivity contribution >= 4 is 21.6 Å². The Morgan fingerprint density at radius 3 is 1.34 bits per heavy atom. The molecule has 0 aliphatic heterocycles. The van der Waals surface area contributed by atoms with Crippen LogP contribution in [0.1, 0.15) is 62.5 Å². The average molecular weight is 606 g/mol. The summed E-state index contributed by atoms with van der Waals surface area (Å²) in [6.07, 6.45) is 10.1. The molecule has 0 amide bonds. The van der Waals surface area contributed by atoms with E-state index < -0.39 is 0 Å². The lowest BCUT2D eigenvalue weighted by Gasteiger charge is -2.08. The average Bonchev–Trinajstić information content (AvgIpc) is 2.89. The van der Waals surface area contributed by atoms with Gasteiger partial charge in [0, 0.05) is 0 Å². The number of ether oxygens (including phenoxy) is 2. The zero-order chi connectivity index (χ0) is 25.5. The first-order chi connectivity index (χ1) is 17.8. The van der Waals surface area contributed by atoms with Crippen molar-refractivity contribution in [1.82, 2.24) is 0 Å². The largest absolute Gasteiger partial charge is 1.00 e. The van der Waals surface area contributed by atoms with Gasteiger partial charge in [0.25, 0.3) is 0 Å². The number of rotatable bonds is 23. The van der Waals surface area contributed by atoms with Crippen LogP contribution in [0, 0.1) is 13.8 Å². The molecule has 8 heteroatoms. The van der Waals surface area contributed by atoms with Gasteiger partial charge in [-0.25, -0.2) is 0 Å². The predicted molar refractivity (Wildman–Crippen MR) is 159 cm³/mol. The Hall–Kier alpha value is -0.760. The van der Waals surface area contributed by atoms with Crippen LogP contribution in [0.3, 0.4) is 0 Å². The van der Waals surface area contributed by atoms with Gasteiger partial charge < -0.3 is 44.9 Å². The molecule has 38 heavy (non-hydrogen) atoms. The normalized spacial score (nSPS) is 10.5. The maximum atomic E-state index is 5.87. The van der Waals surface area contributed by atoms with Crippen molar-refractivity contribution in [1.29, 1.82) is 0 Å². The zero-order valence-corrected chi connectivity index (χ0v) is 26.6. The molecule has 0 aliphatic carbocycles. The van der Waals surface area contributed by atoms with Crippen molar-refractivity contribution < 1.29 is 44.9 Å². The first kappa shape index (κ1) is 37.2. The SMILES string of the molecule is Cc1ccccc1OCCCCCC[NH2+]CCSSCC[NH2+]CCCCCCOc1ccccc1C.[Cl-].[Cl-]. The van der Waals surface area contributed by atoms with Crippen LogP contribution in [-0.4, -0.2) is 50.9 Å². The predicted octanol–water partition coefficient (Wildman–Crippen LogP) is -0.602. The Kier molecular flexibility index (Phi) is 25.9. The number of aryl methyl sites for hydroxylation is 2. The van der Waals surface area contributed by atoms with E-state index >= 15 is 0 Å². The third-order valence-electron chi connectivity index (χ3n) is 6.20. The fourth-order valence-electron chi connectivity index (χ4n) is 3.96. The van der Waals surface area contributed by atoms with E-state index in [9.17, 15) is 0 Å². The summed E-state index contributed by atoms with van der Waals surface area (Å²) in [6.45, 7) is 10.9. The van der Waals surface area contributed by atoms with Gasteiger partial charge in [-0.2, -0.15) is 0 Å².